The van der Waals surface area contributed by atoms with Gasteiger partial charge in [0.25, 0.3) is 0 Å². The molecule has 0 atom stereocenters. The first-order valence-electron chi connectivity index (χ1n) is 4.87. The SMILES string of the molecule is CCOC(=O)CCOc1ccc(Cl)cc1F. The number of hydrogen-bond donors (Lipinski definition) is 0. The van der Waals surface area contributed by atoms with Crippen molar-refractivity contribution in [3.8, 4) is 5.75 Å². The number of hydrogen-bond acceptors (Lipinski definition) is 3. The van der Waals surface area contributed by atoms with Crippen molar-refractivity contribution in [3.05, 3.63) is 29.0 Å². The minimum Gasteiger partial charge on any atom is -0.490 e. The highest BCUT2D eigenvalue weighted by Gasteiger charge is 2.06. The molecule has 1 rings (SSSR count). The number of esters is 1. The lowest BCUT2D eigenvalue weighted by Crippen LogP contribution is -2.10. The Balaban J connectivity index is 2.40. The van der Waals surface area contributed by atoms with Gasteiger partial charge in [-0.3, -0.25) is 4.79 Å². The van der Waals surface area contributed by atoms with E-state index in [4.69, 9.17) is 21.1 Å². The molecule has 0 aromatic heterocycles. The maximum absolute atomic E-state index is 13.2. The Kier molecular flexibility index (Phi) is 5.05. The molecule has 0 saturated heterocycles. The minimum absolute atomic E-state index is 0.0775. The molecule has 16 heavy (non-hydrogen) atoms. The van der Waals surface area contributed by atoms with E-state index in [1.807, 2.05) is 0 Å². The van der Waals surface area contributed by atoms with Crippen molar-refractivity contribution < 1.29 is 18.7 Å². The van der Waals surface area contributed by atoms with Gasteiger partial charge in [-0.2, -0.15) is 0 Å². The summed E-state index contributed by atoms with van der Waals surface area (Å²) in [5.74, 6) is -0.832. The zero-order chi connectivity index (χ0) is 12.0. The molecule has 0 aliphatic rings. The summed E-state index contributed by atoms with van der Waals surface area (Å²) in [5, 5.41) is 0.301. The van der Waals surface area contributed by atoms with E-state index >= 15 is 0 Å². The van der Waals surface area contributed by atoms with Crippen LogP contribution in [0.4, 0.5) is 4.39 Å². The lowest BCUT2D eigenvalue weighted by molar-refractivity contribution is -0.143. The molecular weight excluding hydrogens is 235 g/mol. The molecule has 0 saturated carbocycles. The summed E-state index contributed by atoms with van der Waals surface area (Å²) in [7, 11) is 0. The molecule has 0 bridgehead atoms. The lowest BCUT2D eigenvalue weighted by atomic mass is 10.3. The molecule has 1 aromatic rings. The van der Waals surface area contributed by atoms with Crippen molar-refractivity contribution in [2.75, 3.05) is 13.2 Å². The van der Waals surface area contributed by atoms with Crippen molar-refractivity contribution in [3.63, 3.8) is 0 Å². The fourth-order valence-corrected chi connectivity index (χ4v) is 1.23. The molecule has 0 amide bonds. The fraction of sp³-hybridized carbons (Fsp3) is 0.364. The first-order valence-corrected chi connectivity index (χ1v) is 5.24. The molecule has 88 valence electrons. The van der Waals surface area contributed by atoms with Crippen molar-refractivity contribution >= 4 is 17.6 Å². The highest BCUT2D eigenvalue weighted by atomic mass is 35.5. The quantitative estimate of drug-likeness (QED) is 0.750. The highest BCUT2D eigenvalue weighted by Crippen LogP contribution is 2.20. The maximum Gasteiger partial charge on any atom is 0.309 e. The standard InChI is InChI=1S/C11H12ClFO3/c1-2-15-11(14)5-6-16-10-4-3-8(12)7-9(10)13/h3-4,7H,2,5-6H2,1H3. The van der Waals surface area contributed by atoms with Crippen LogP contribution >= 0.6 is 11.6 Å². The summed E-state index contributed by atoms with van der Waals surface area (Å²) in [6.07, 6.45) is 0.0932. The molecule has 3 nitrogen and oxygen atoms in total. The predicted octanol–water partition coefficient (Wildman–Crippen LogP) is 2.81. The van der Waals surface area contributed by atoms with Gasteiger partial charge in [-0.15, -0.1) is 0 Å². The third kappa shape index (κ3) is 4.06. The zero-order valence-electron chi connectivity index (χ0n) is 8.83. The van der Waals surface area contributed by atoms with Crippen LogP contribution in [0.15, 0.2) is 18.2 Å². The number of carbonyl (C=O) groups is 1. The Hall–Kier alpha value is -1.29. The topological polar surface area (TPSA) is 35.5 Å². The Morgan fingerprint density at radius 1 is 1.50 bits per heavy atom. The second-order valence-electron chi connectivity index (χ2n) is 2.98. The third-order valence-corrected chi connectivity index (χ3v) is 2.00. The molecule has 0 radical (unpaired) electrons. The lowest BCUT2D eigenvalue weighted by Gasteiger charge is -2.06. The van der Waals surface area contributed by atoms with Crippen molar-refractivity contribution in [2.45, 2.75) is 13.3 Å². The van der Waals surface area contributed by atoms with Crippen LogP contribution in [0, 0.1) is 5.82 Å². The van der Waals surface area contributed by atoms with Crippen LogP contribution < -0.4 is 4.74 Å². The smallest absolute Gasteiger partial charge is 0.309 e. The van der Waals surface area contributed by atoms with Crippen molar-refractivity contribution in [1.29, 1.82) is 0 Å². The molecule has 0 aliphatic carbocycles. The molecule has 0 fully saturated rings. The summed E-state index contributed by atoms with van der Waals surface area (Å²) < 4.78 is 23.0. The van der Waals surface area contributed by atoms with E-state index in [0.29, 0.717) is 11.6 Å². The Morgan fingerprint density at radius 3 is 2.88 bits per heavy atom. The van der Waals surface area contributed by atoms with E-state index in [1.54, 1.807) is 6.92 Å². The summed E-state index contributed by atoms with van der Waals surface area (Å²) in [6, 6.07) is 4.09. The van der Waals surface area contributed by atoms with E-state index < -0.39 is 5.82 Å². The average molecular weight is 247 g/mol. The molecule has 0 N–H and O–H groups in total. The van der Waals surface area contributed by atoms with E-state index in [2.05, 4.69) is 0 Å². The van der Waals surface area contributed by atoms with Crippen LogP contribution in [0.5, 0.6) is 5.75 Å². The first-order chi connectivity index (χ1) is 7.63. The van der Waals surface area contributed by atoms with Gasteiger partial charge in [0.2, 0.25) is 0 Å². The minimum atomic E-state index is -0.545. The number of rotatable bonds is 5. The Bertz CT molecular complexity index is 368. The van der Waals surface area contributed by atoms with E-state index in [1.165, 1.54) is 12.1 Å². The number of carbonyl (C=O) groups excluding carboxylic acids is 1. The summed E-state index contributed by atoms with van der Waals surface area (Å²) in [6.45, 7) is 2.13. The van der Waals surface area contributed by atoms with Crippen LogP contribution in [-0.2, 0) is 9.53 Å². The molecule has 0 unspecified atom stereocenters. The molecule has 0 heterocycles. The van der Waals surface area contributed by atoms with Crippen LogP contribution in [-0.4, -0.2) is 19.2 Å². The predicted molar refractivity (Wildman–Crippen MR) is 58.2 cm³/mol. The van der Waals surface area contributed by atoms with Gasteiger partial charge in [0, 0.05) is 5.02 Å². The van der Waals surface area contributed by atoms with E-state index in [9.17, 15) is 9.18 Å². The number of halogens is 2. The first kappa shape index (κ1) is 12.8. The Morgan fingerprint density at radius 2 is 2.25 bits per heavy atom. The number of ether oxygens (including phenoxy) is 2. The highest BCUT2D eigenvalue weighted by molar-refractivity contribution is 6.30. The maximum atomic E-state index is 13.2. The monoisotopic (exact) mass is 246 g/mol. The molecule has 5 heteroatoms. The van der Waals surface area contributed by atoms with E-state index in [-0.39, 0.29) is 24.7 Å². The van der Waals surface area contributed by atoms with Gasteiger partial charge in [-0.1, -0.05) is 11.6 Å². The van der Waals surface area contributed by atoms with Crippen LogP contribution in [0.2, 0.25) is 5.02 Å². The normalized spacial score (nSPS) is 9.94. The fourth-order valence-electron chi connectivity index (χ4n) is 1.07. The Labute approximate surface area is 98.1 Å². The van der Waals surface area contributed by atoms with Gasteiger partial charge in [-0.05, 0) is 25.1 Å². The van der Waals surface area contributed by atoms with Crippen LogP contribution in [0.3, 0.4) is 0 Å². The molecule has 0 spiro atoms. The summed E-state index contributed by atoms with van der Waals surface area (Å²) in [4.78, 5) is 11.0. The summed E-state index contributed by atoms with van der Waals surface area (Å²) in [5.41, 5.74) is 0. The van der Waals surface area contributed by atoms with Crippen LogP contribution in [0.25, 0.3) is 0 Å². The van der Waals surface area contributed by atoms with Gasteiger partial charge in [0.05, 0.1) is 19.6 Å². The summed E-state index contributed by atoms with van der Waals surface area (Å²) >= 11 is 5.57. The van der Waals surface area contributed by atoms with Gasteiger partial charge in [-0.25, -0.2) is 4.39 Å². The number of benzene rings is 1. The van der Waals surface area contributed by atoms with Gasteiger partial charge >= 0.3 is 5.97 Å². The molecule has 0 aliphatic heterocycles. The second-order valence-corrected chi connectivity index (χ2v) is 3.41. The van der Waals surface area contributed by atoms with Crippen molar-refractivity contribution in [1.82, 2.24) is 0 Å². The van der Waals surface area contributed by atoms with Crippen molar-refractivity contribution in [2.24, 2.45) is 0 Å². The van der Waals surface area contributed by atoms with E-state index in [0.717, 1.165) is 6.07 Å². The van der Waals surface area contributed by atoms with Gasteiger partial charge in [0.15, 0.2) is 11.6 Å². The third-order valence-electron chi connectivity index (χ3n) is 1.76. The average Bonchev–Trinajstić information content (AvgIpc) is 2.22. The molecular formula is C11H12ClFO3. The van der Waals surface area contributed by atoms with Gasteiger partial charge < -0.3 is 9.47 Å². The van der Waals surface area contributed by atoms with Gasteiger partial charge in [0.1, 0.15) is 0 Å². The second kappa shape index (κ2) is 6.33. The molecule has 1 aromatic carbocycles. The largest absolute Gasteiger partial charge is 0.490 e. The van der Waals surface area contributed by atoms with Crippen LogP contribution in [0.1, 0.15) is 13.3 Å². The zero-order valence-corrected chi connectivity index (χ0v) is 9.59.